The van der Waals surface area contributed by atoms with Gasteiger partial charge in [0.1, 0.15) is 5.75 Å². The Kier molecular flexibility index (Phi) is 2.13. The van der Waals surface area contributed by atoms with Gasteiger partial charge in [-0.05, 0) is 30.4 Å². The molecule has 13 heavy (non-hydrogen) atoms. The maximum absolute atomic E-state index is 9.33. The minimum atomic E-state index is 0.348. The van der Waals surface area contributed by atoms with E-state index in [9.17, 15) is 5.11 Å². The quantitative estimate of drug-likeness (QED) is 0.638. The third-order valence-electron chi connectivity index (χ3n) is 2.70. The molecule has 1 aromatic carbocycles. The van der Waals surface area contributed by atoms with Gasteiger partial charge in [0.25, 0.3) is 0 Å². The Morgan fingerprint density at radius 2 is 2.31 bits per heavy atom. The van der Waals surface area contributed by atoms with Gasteiger partial charge >= 0.3 is 0 Å². The van der Waals surface area contributed by atoms with Crippen LogP contribution in [0.3, 0.4) is 0 Å². The highest BCUT2D eigenvalue weighted by atomic mass is 16.3. The Hall–Kier alpha value is -1.18. The highest BCUT2D eigenvalue weighted by Crippen LogP contribution is 2.32. The largest absolute Gasteiger partial charge is 0.508 e. The van der Waals surface area contributed by atoms with Crippen molar-refractivity contribution in [2.45, 2.75) is 25.7 Å². The summed E-state index contributed by atoms with van der Waals surface area (Å²) in [5.41, 5.74) is 2.43. The number of nitrogens with one attached hydrogen (secondary N) is 1. The fourth-order valence-corrected chi connectivity index (χ4v) is 1.91. The molecule has 0 spiro atoms. The van der Waals surface area contributed by atoms with Crippen LogP contribution < -0.4 is 5.32 Å². The molecule has 1 atom stereocenters. The monoisotopic (exact) mass is 177 g/mol. The van der Waals surface area contributed by atoms with E-state index in [1.54, 1.807) is 6.07 Å². The molecule has 2 heteroatoms. The van der Waals surface area contributed by atoms with Gasteiger partial charge in [0.2, 0.25) is 0 Å². The normalized spacial score (nSPS) is 21.5. The number of hydrogen-bond acceptors (Lipinski definition) is 2. The molecule has 2 nitrogen and oxygen atoms in total. The molecular weight excluding hydrogens is 162 g/mol. The molecule has 0 bridgehead atoms. The van der Waals surface area contributed by atoms with Crippen molar-refractivity contribution in [2.24, 2.45) is 0 Å². The molecule has 1 unspecified atom stereocenters. The molecule has 0 aliphatic carbocycles. The number of aromatic hydroxyl groups is 1. The fraction of sp³-hybridized carbons (Fsp3) is 0.455. The van der Waals surface area contributed by atoms with Crippen molar-refractivity contribution in [3.05, 3.63) is 23.8 Å². The van der Waals surface area contributed by atoms with Gasteiger partial charge in [-0.15, -0.1) is 0 Å². The number of anilines is 1. The van der Waals surface area contributed by atoms with Crippen LogP contribution in [0.25, 0.3) is 0 Å². The SMILES string of the molecule is CC1CCCNc2cc(O)ccc21. The average Bonchev–Trinajstić information content (AvgIpc) is 2.28. The van der Waals surface area contributed by atoms with Crippen LogP contribution in [0.5, 0.6) is 5.75 Å². The third kappa shape index (κ3) is 1.62. The van der Waals surface area contributed by atoms with Crippen LogP contribution in [0.15, 0.2) is 18.2 Å². The van der Waals surface area contributed by atoms with E-state index in [1.807, 2.05) is 12.1 Å². The lowest BCUT2D eigenvalue weighted by atomic mass is 9.96. The molecule has 1 aromatic rings. The smallest absolute Gasteiger partial charge is 0.117 e. The van der Waals surface area contributed by atoms with E-state index >= 15 is 0 Å². The van der Waals surface area contributed by atoms with Crippen molar-refractivity contribution in [1.29, 1.82) is 0 Å². The average molecular weight is 177 g/mol. The fourth-order valence-electron chi connectivity index (χ4n) is 1.91. The van der Waals surface area contributed by atoms with Gasteiger partial charge in [0, 0.05) is 18.3 Å². The van der Waals surface area contributed by atoms with E-state index in [-0.39, 0.29) is 0 Å². The minimum absolute atomic E-state index is 0.348. The standard InChI is InChI=1S/C11H15NO/c1-8-3-2-6-12-11-7-9(13)4-5-10(8)11/h4-5,7-8,12-13H,2-3,6H2,1H3. The predicted molar refractivity (Wildman–Crippen MR) is 54.2 cm³/mol. The lowest BCUT2D eigenvalue weighted by Crippen LogP contribution is -1.99. The second-order valence-electron chi connectivity index (χ2n) is 3.74. The van der Waals surface area contributed by atoms with Crippen molar-refractivity contribution >= 4 is 5.69 Å². The molecule has 1 heterocycles. The van der Waals surface area contributed by atoms with Crippen molar-refractivity contribution in [3.63, 3.8) is 0 Å². The van der Waals surface area contributed by atoms with E-state index < -0.39 is 0 Å². The topological polar surface area (TPSA) is 32.3 Å². The number of phenolic OH excluding ortho intramolecular Hbond substituents is 1. The van der Waals surface area contributed by atoms with Gasteiger partial charge in [-0.2, -0.15) is 0 Å². The number of hydrogen-bond donors (Lipinski definition) is 2. The summed E-state index contributed by atoms with van der Waals surface area (Å²) in [6.07, 6.45) is 2.43. The molecule has 0 aromatic heterocycles. The molecule has 70 valence electrons. The van der Waals surface area contributed by atoms with Crippen LogP contribution >= 0.6 is 0 Å². The zero-order valence-electron chi connectivity index (χ0n) is 7.88. The zero-order chi connectivity index (χ0) is 9.26. The Bertz CT molecular complexity index is 309. The first-order valence-electron chi connectivity index (χ1n) is 4.84. The Balaban J connectivity index is 2.42. The van der Waals surface area contributed by atoms with Crippen LogP contribution in [0.1, 0.15) is 31.2 Å². The lowest BCUT2D eigenvalue weighted by Gasteiger charge is -2.12. The molecule has 0 amide bonds. The van der Waals surface area contributed by atoms with Gasteiger partial charge in [-0.3, -0.25) is 0 Å². The van der Waals surface area contributed by atoms with E-state index in [0.717, 1.165) is 12.2 Å². The zero-order valence-corrected chi connectivity index (χ0v) is 7.88. The van der Waals surface area contributed by atoms with E-state index in [2.05, 4.69) is 12.2 Å². The predicted octanol–water partition coefficient (Wildman–Crippen LogP) is 2.70. The van der Waals surface area contributed by atoms with E-state index in [4.69, 9.17) is 0 Å². The van der Waals surface area contributed by atoms with E-state index in [1.165, 1.54) is 18.4 Å². The summed E-state index contributed by atoms with van der Waals surface area (Å²) < 4.78 is 0. The number of phenols is 1. The Morgan fingerprint density at radius 3 is 3.15 bits per heavy atom. The first-order valence-corrected chi connectivity index (χ1v) is 4.84. The number of rotatable bonds is 0. The summed E-state index contributed by atoms with van der Waals surface area (Å²) in [5.74, 6) is 0.950. The van der Waals surface area contributed by atoms with Crippen LogP contribution in [0.2, 0.25) is 0 Å². The molecule has 0 saturated heterocycles. The summed E-state index contributed by atoms with van der Waals surface area (Å²) in [5, 5.41) is 12.7. The van der Waals surface area contributed by atoms with Crippen LogP contribution in [-0.4, -0.2) is 11.7 Å². The molecular formula is C11H15NO. The van der Waals surface area contributed by atoms with Crippen molar-refractivity contribution < 1.29 is 5.11 Å². The molecule has 0 radical (unpaired) electrons. The maximum Gasteiger partial charge on any atom is 0.117 e. The molecule has 2 rings (SSSR count). The summed E-state index contributed by atoms with van der Waals surface area (Å²) in [6, 6.07) is 5.60. The minimum Gasteiger partial charge on any atom is -0.508 e. The van der Waals surface area contributed by atoms with Crippen molar-refractivity contribution in [3.8, 4) is 5.75 Å². The summed E-state index contributed by atoms with van der Waals surface area (Å²) in [7, 11) is 0. The second-order valence-corrected chi connectivity index (χ2v) is 3.74. The van der Waals surface area contributed by atoms with Crippen molar-refractivity contribution in [2.75, 3.05) is 11.9 Å². The van der Waals surface area contributed by atoms with Crippen molar-refractivity contribution in [1.82, 2.24) is 0 Å². The first-order chi connectivity index (χ1) is 6.27. The van der Waals surface area contributed by atoms with Gasteiger partial charge in [-0.1, -0.05) is 13.0 Å². The molecule has 2 N–H and O–H groups in total. The van der Waals surface area contributed by atoms with Gasteiger partial charge in [-0.25, -0.2) is 0 Å². The first kappa shape index (κ1) is 8.42. The molecule has 0 fully saturated rings. The van der Waals surface area contributed by atoms with Gasteiger partial charge in [0.15, 0.2) is 0 Å². The number of fused-ring (bicyclic) bond motifs is 1. The van der Waals surface area contributed by atoms with E-state index in [0.29, 0.717) is 11.7 Å². The summed E-state index contributed by atoms with van der Waals surface area (Å²) >= 11 is 0. The highest BCUT2D eigenvalue weighted by molar-refractivity contribution is 5.56. The summed E-state index contributed by atoms with van der Waals surface area (Å²) in [4.78, 5) is 0. The molecule has 1 aliphatic rings. The van der Waals surface area contributed by atoms with Crippen LogP contribution in [0, 0.1) is 0 Å². The Labute approximate surface area is 78.6 Å². The maximum atomic E-state index is 9.33. The molecule has 1 aliphatic heterocycles. The molecule has 0 saturated carbocycles. The van der Waals surface area contributed by atoms with Crippen LogP contribution in [0.4, 0.5) is 5.69 Å². The van der Waals surface area contributed by atoms with Crippen LogP contribution in [-0.2, 0) is 0 Å². The highest BCUT2D eigenvalue weighted by Gasteiger charge is 2.14. The lowest BCUT2D eigenvalue weighted by molar-refractivity contribution is 0.475. The number of benzene rings is 1. The second kappa shape index (κ2) is 3.29. The van der Waals surface area contributed by atoms with Gasteiger partial charge < -0.3 is 10.4 Å². The Morgan fingerprint density at radius 1 is 1.46 bits per heavy atom. The summed E-state index contributed by atoms with van der Waals surface area (Å²) in [6.45, 7) is 3.25. The third-order valence-corrected chi connectivity index (χ3v) is 2.70. The van der Waals surface area contributed by atoms with Gasteiger partial charge in [0.05, 0.1) is 0 Å².